The van der Waals surface area contributed by atoms with E-state index >= 15 is 0 Å². The van der Waals surface area contributed by atoms with Crippen molar-refractivity contribution in [3.05, 3.63) is 30.5 Å². The van der Waals surface area contributed by atoms with Crippen LogP contribution in [0, 0.1) is 5.92 Å². The standard InChI is InChI=1S/C16H23N3O3/c1-11(2)9-22-10-14(20)8-18-16(21)19-13-3-4-15-12(7-13)5-6-17-15/h3-7,11,14,17,20H,8-10H2,1-2H3,(H2,18,19,21). The lowest BCUT2D eigenvalue weighted by Gasteiger charge is -2.14. The number of rotatable bonds is 7. The Morgan fingerprint density at radius 1 is 1.32 bits per heavy atom. The Morgan fingerprint density at radius 2 is 2.14 bits per heavy atom. The first-order valence-electron chi connectivity index (χ1n) is 7.42. The Labute approximate surface area is 129 Å². The zero-order valence-corrected chi connectivity index (χ0v) is 12.9. The van der Waals surface area contributed by atoms with Gasteiger partial charge >= 0.3 is 6.03 Å². The SMILES string of the molecule is CC(C)COCC(O)CNC(=O)Nc1ccc2[nH]ccc2c1. The summed E-state index contributed by atoms with van der Waals surface area (Å²) in [6.07, 6.45) is 1.14. The molecule has 1 atom stereocenters. The molecule has 0 aliphatic rings. The molecule has 0 bridgehead atoms. The second-order valence-corrected chi connectivity index (χ2v) is 5.70. The van der Waals surface area contributed by atoms with Crippen LogP contribution in [-0.2, 0) is 4.74 Å². The summed E-state index contributed by atoms with van der Waals surface area (Å²) in [5.41, 5.74) is 1.72. The van der Waals surface area contributed by atoms with E-state index in [0.29, 0.717) is 18.2 Å². The maximum absolute atomic E-state index is 11.8. The third-order valence-electron chi connectivity index (χ3n) is 3.07. The molecule has 0 radical (unpaired) electrons. The molecule has 1 unspecified atom stereocenters. The van der Waals surface area contributed by atoms with Crippen molar-refractivity contribution in [1.29, 1.82) is 0 Å². The van der Waals surface area contributed by atoms with Gasteiger partial charge in [0.25, 0.3) is 0 Å². The van der Waals surface area contributed by atoms with Crippen molar-refractivity contribution in [2.24, 2.45) is 5.92 Å². The van der Waals surface area contributed by atoms with E-state index in [1.807, 2.05) is 44.3 Å². The first kappa shape index (κ1) is 16.3. The molecule has 2 rings (SSSR count). The molecule has 2 amide bonds. The van der Waals surface area contributed by atoms with Gasteiger partial charge in [-0.1, -0.05) is 13.8 Å². The molecule has 2 aromatic rings. The normalized spacial score (nSPS) is 12.5. The van der Waals surface area contributed by atoms with Crippen molar-refractivity contribution in [3.8, 4) is 0 Å². The average molecular weight is 305 g/mol. The Hall–Kier alpha value is -2.05. The minimum absolute atomic E-state index is 0.149. The van der Waals surface area contributed by atoms with Crippen molar-refractivity contribution < 1.29 is 14.6 Å². The summed E-state index contributed by atoms with van der Waals surface area (Å²) in [5, 5.41) is 16.1. The Morgan fingerprint density at radius 3 is 2.91 bits per heavy atom. The van der Waals surface area contributed by atoms with Crippen molar-refractivity contribution in [2.75, 3.05) is 25.1 Å². The van der Waals surface area contributed by atoms with Crippen LogP contribution in [0.5, 0.6) is 0 Å². The lowest BCUT2D eigenvalue weighted by atomic mass is 10.2. The number of aromatic amines is 1. The Kier molecular flexibility index (Phi) is 5.80. The van der Waals surface area contributed by atoms with E-state index in [9.17, 15) is 9.90 Å². The molecule has 0 saturated carbocycles. The fourth-order valence-electron chi connectivity index (χ4n) is 2.02. The molecule has 120 valence electrons. The largest absolute Gasteiger partial charge is 0.389 e. The zero-order chi connectivity index (χ0) is 15.9. The number of amides is 2. The lowest BCUT2D eigenvalue weighted by Crippen LogP contribution is -2.37. The van der Waals surface area contributed by atoms with E-state index in [-0.39, 0.29) is 19.2 Å². The molecule has 6 nitrogen and oxygen atoms in total. The molecular weight excluding hydrogens is 282 g/mol. The number of urea groups is 1. The molecule has 0 saturated heterocycles. The Balaban J connectivity index is 1.73. The summed E-state index contributed by atoms with van der Waals surface area (Å²) in [7, 11) is 0. The van der Waals surface area contributed by atoms with Crippen LogP contribution in [0.3, 0.4) is 0 Å². The predicted octanol–water partition coefficient (Wildman–Crippen LogP) is 2.32. The van der Waals surface area contributed by atoms with Crippen LogP contribution in [-0.4, -0.2) is 42.0 Å². The number of fused-ring (bicyclic) bond motifs is 1. The van der Waals surface area contributed by atoms with Gasteiger partial charge in [0, 0.05) is 35.9 Å². The van der Waals surface area contributed by atoms with Gasteiger partial charge in [0.15, 0.2) is 0 Å². The highest BCUT2D eigenvalue weighted by Crippen LogP contribution is 2.17. The second kappa shape index (κ2) is 7.82. The Bertz CT molecular complexity index is 609. The monoisotopic (exact) mass is 305 g/mol. The van der Waals surface area contributed by atoms with Crippen LogP contribution in [0.4, 0.5) is 10.5 Å². The van der Waals surface area contributed by atoms with Crippen LogP contribution in [0.25, 0.3) is 10.9 Å². The zero-order valence-electron chi connectivity index (χ0n) is 12.9. The minimum Gasteiger partial charge on any atom is -0.389 e. The number of carbonyl (C=O) groups excluding carboxylic acids is 1. The van der Waals surface area contributed by atoms with Gasteiger partial charge < -0.3 is 25.5 Å². The van der Waals surface area contributed by atoms with Crippen LogP contribution < -0.4 is 10.6 Å². The molecule has 0 fully saturated rings. The molecule has 0 aliphatic carbocycles. The molecule has 1 aromatic carbocycles. The summed E-state index contributed by atoms with van der Waals surface area (Å²) >= 11 is 0. The number of anilines is 1. The molecule has 1 aromatic heterocycles. The number of nitrogens with one attached hydrogen (secondary N) is 3. The quantitative estimate of drug-likeness (QED) is 0.633. The number of aromatic nitrogens is 1. The third-order valence-corrected chi connectivity index (χ3v) is 3.07. The van der Waals surface area contributed by atoms with E-state index in [0.717, 1.165) is 10.9 Å². The fourth-order valence-corrected chi connectivity index (χ4v) is 2.02. The molecule has 1 heterocycles. The van der Waals surface area contributed by atoms with Gasteiger partial charge in [-0.05, 0) is 30.2 Å². The first-order valence-corrected chi connectivity index (χ1v) is 7.42. The fraction of sp³-hybridized carbons (Fsp3) is 0.438. The summed E-state index contributed by atoms with van der Waals surface area (Å²) < 4.78 is 5.32. The van der Waals surface area contributed by atoms with Gasteiger partial charge in [-0.25, -0.2) is 4.79 Å². The highest BCUT2D eigenvalue weighted by Gasteiger charge is 2.08. The van der Waals surface area contributed by atoms with Crippen molar-refractivity contribution in [2.45, 2.75) is 20.0 Å². The number of hydrogen-bond donors (Lipinski definition) is 4. The van der Waals surface area contributed by atoms with Gasteiger partial charge in [0.05, 0.1) is 12.7 Å². The number of H-pyrrole nitrogens is 1. The molecule has 6 heteroatoms. The number of aliphatic hydroxyl groups is 1. The van der Waals surface area contributed by atoms with Crippen LogP contribution in [0.15, 0.2) is 30.5 Å². The molecule has 4 N–H and O–H groups in total. The number of ether oxygens (including phenoxy) is 1. The predicted molar refractivity (Wildman–Crippen MR) is 87.0 cm³/mol. The smallest absolute Gasteiger partial charge is 0.319 e. The topological polar surface area (TPSA) is 86.4 Å². The second-order valence-electron chi connectivity index (χ2n) is 5.70. The van der Waals surface area contributed by atoms with Gasteiger partial charge in [0.2, 0.25) is 0 Å². The lowest BCUT2D eigenvalue weighted by molar-refractivity contribution is 0.0274. The molecule has 0 aliphatic heterocycles. The summed E-state index contributed by atoms with van der Waals surface area (Å²) in [4.78, 5) is 14.9. The van der Waals surface area contributed by atoms with Gasteiger partial charge in [-0.15, -0.1) is 0 Å². The van der Waals surface area contributed by atoms with Crippen molar-refractivity contribution in [3.63, 3.8) is 0 Å². The summed E-state index contributed by atoms with van der Waals surface area (Å²) in [5.74, 6) is 0.423. The van der Waals surface area contributed by atoms with E-state index < -0.39 is 6.10 Å². The summed E-state index contributed by atoms with van der Waals surface area (Å²) in [6, 6.07) is 7.19. The third kappa shape index (κ3) is 5.05. The van der Waals surface area contributed by atoms with Gasteiger partial charge in [-0.3, -0.25) is 0 Å². The first-order chi connectivity index (χ1) is 10.5. The molecule has 0 spiro atoms. The van der Waals surface area contributed by atoms with E-state index in [1.54, 1.807) is 0 Å². The maximum Gasteiger partial charge on any atom is 0.319 e. The maximum atomic E-state index is 11.8. The van der Waals surface area contributed by atoms with Crippen molar-refractivity contribution >= 4 is 22.6 Å². The highest BCUT2D eigenvalue weighted by atomic mass is 16.5. The van der Waals surface area contributed by atoms with Gasteiger partial charge in [0.1, 0.15) is 0 Å². The van der Waals surface area contributed by atoms with Crippen LogP contribution in [0.1, 0.15) is 13.8 Å². The number of carbonyl (C=O) groups is 1. The number of hydrogen-bond acceptors (Lipinski definition) is 3. The average Bonchev–Trinajstić information content (AvgIpc) is 2.92. The van der Waals surface area contributed by atoms with Gasteiger partial charge in [-0.2, -0.15) is 0 Å². The molecular formula is C16H23N3O3. The number of benzene rings is 1. The molecule has 22 heavy (non-hydrogen) atoms. The number of aliphatic hydroxyl groups excluding tert-OH is 1. The van der Waals surface area contributed by atoms with Crippen molar-refractivity contribution in [1.82, 2.24) is 10.3 Å². The summed E-state index contributed by atoms with van der Waals surface area (Å²) in [6.45, 7) is 5.04. The van der Waals surface area contributed by atoms with E-state index in [1.165, 1.54) is 0 Å². The van der Waals surface area contributed by atoms with Crippen LogP contribution >= 0.6 is 0 Å². The van der Waals surface area contributed by atoms with E-state index in [4.69, 9.17) is 4.74 Å². The highest BCUT2D eigenvalue weighted by molar-refractivity contribution is 5.92. The van der Waals surface area contributed by atoms with E-state index in [2.05, 4.69) is 15.6 Å². The minimum atomic E-state index is -0.711. The van der Waals surface area contributed by atoms with Crippen LogP contribution in [0.2, 0.25) is 0 Å².